The van der Waals surface area contributed by atoms with Crippen molar-refractivity contribution in [2.75, 3.05) is 19.0 Å². The van der Waals surface area contributed by atoms with Gasteiger partial charge in [0.05, 0.1) is 6.61 Å². The predicted octanol–water partition coefficient (Wildman–Crippen LogP) is 6.48. The average Bonchev–Trinajstić information content (AvgIpc) is 2.83. The molecule has 0 heterocycles. The molecule has 11 heteroatoms. The fourth-order valence-corrected chi connectivity index (χ4v) is 4.67. The summed E-state index contributed by atoms with van der Waals surface area (Å²) >= 11 is 1.32. The first kappa shape index (κ1) is 36.1. The van der Waals surface area contributed by atoms with Crippen LogP contribution in [0, 0.1) is 0 Å². The van der Waals surface area contributed by atoms with Crippen LogP contribution in [0.3, 0.4) is 0 Å². The van der Waals surface area contributed by atoms with E-state index in [9.17, 15) is 18.9 Å². The van der Waals surface area contributed by atoms with Crippen molar-refractivity contribution >= 4 is 36.6 Å². The maximum absolute atomic E-state index is 12.2. The van der Waals surface area contributed by atoms with Crippen LogP contribution in [0.1, 0.15) is 123 Å². The van der Waals surface area contributed by atoms with E-state index in [0.717, 1.165) is 50.7 Å². The van der Waals surface area contributed by atoms with E-state index in [-0.39, 0.29) is 24.6 Å². The lowest BCUT2D eigenvalue weighted by atomic mass is 10.1. The van der Waals surface area contributed by atoms with Crippen LogP contribution >= 0.6 is 19.6 Å². The fraction of sp³-hybridized carbons (Fsp3) is 0.885. The number of hydrogen-bond acceptors (Lipinski definition) is 8. The van der Waals surface area contributed by atoms with Gasteiger partial charge in [0.1, 0.15) is 6.61 Å². The fourth-order valence-electron chi connectivity index (χ4n) is 3.67. The van der Waals surface area contributed by atoms with E-state index in [1.54, 1.807) is 6.92 Å². The summed E-state index contributed by atoms with van der Waals surface area (Å²) in [6.45, 7) is 2.89. The van der Waals surface area contributed by atoms with Gasteiger partial charge in [-0.3, -0.25) is 18.9 Å². The average molecular weight is 569 g/mol. The number of ether oxygens (including phenoxy) is 2. The van der Waals surface area contributed by atoms with Crippen molar-refractivity contribution in [3.63, 3.8) is 0 Å². The third-order valence-corrected chi connectivity index (χ3v) is 7.11. The Bertz CT molecular complexity index is 654. The Labute approximate surface area is 227 Å². The largest absolute Gasteiger partial charge is 0.469 e. The molecule has 0 fully saturated rings. The highest BCUT2D eigenvalue weighted by Gasteiger charge is 2.22. The number of carbonyl (C=O) groups is 3. The van der Waals surface area contributed by atoms with E-state index in [4.69, 9.17) is 19.3 Å². The lowest BCUT2D eigenvalue weighted by Gasteiger charge is -2.18. The highest BCUT2D eigenvalue weighted by Crippen LogP contribution is 2.35. The molecule has 0 aromatic heterocycles. The van der Waals surface area contributed by atoms with Crippen LogP contribution in [0.15, 0.2) is 0 Å². The third kappa shape index (κ3) is 27.9. The van der Waals surface area contributed by atoms with Gasteiger partial charge in [-0.15, -0.1) is 0 Å². The monoisotopic (exact) mass is 568 g/mol. The quantitative estimate of drug-likeness (QED) is 0.0715. The molecule has 0 aromatic rings. The van der Waals surface area contributed by atoms with Crippen LogP contribution in [-0.2, 0) is 32.9 Å². The molecule has 0 radical (unpaired) electrons. The highest BCUT2D eigenvalue weighted by atomic mass is 32.2. The normalized spacial score (nSPS) is 12.3. The van der Waals surface area contributed by atoms with Crippen LogP contribution in [0.5, 0.6) is 0 Å². The Morgan fingerprint density at radius 3 is 1.73 bits per heavy atom. The van der Waals surface area contributed by atoms with Crippen LogP contribution < -0.4 is 0 Å². The molecule has 0 unspecified atom stereocenters. The number of hydrogen-bond donors (Lipinski definition) is 2. The maximum Gasteiger partial charge on any atom is 0.469 e. The summed E-state index contributed by atoms with van der Waals surface area (Å²) in [5, 5.41) is 0.122. The van der Waals surface area contributed by atoms with E-state index in [1.165, 1.54) is 50.3 Å². The second-order valence-corrected chi connectivity index (χ2v) is 11.9. The van der Waals surface area contributed by atoms with Gasteiger partial charge in [0, 0.05) is 25.5 Å². The smallest absolute Gasteiger partial charge is 0.462 e. The molecule has 0 aliphatic heterocycles. The summed E-state index contributed by atoms with van der Waals surface area (Å²) in [6, 6.07) is 0. The number of phosphoric ester groups is 1. The zero-order valence-electron chi connectivity index (χ0n) is 22.8. The molecule has 9 nitrogen and oxygen atoms in total. The topological polar surface area (TPSA) is 136 Å². The van der Waals surface area contributed by atoms with Crippen LogP contribution in [-0.4, -0.2) is 51.9 Å². The summed E-state index contributed by atoms with van der Waals surface area (Å²) in [5.41, 5.74) is 0. The summed E-state index contributed by atoms with van der Waals surface area (Å²) in [7, 11) is -4.75. The molecular weight excluding hydrogens is 519 g/mol. The minimum atomic E-state index is -4.75. The molecule has 37 heavy (non-hydrogen) atoms. The number of unbranched alkanes of at least 4 members (excludes halogenated alkanes) is 13. The van der Waals surface area contributed by atoms with Gasteiger partial charge in [0.25, 0.3) is 0 Å². The number of rotatable bonds is 25. The van der Waals surface area contributed by atoms with Gasteiger partial charge in [0.2, 0.25) is 0 Å². The Hall–Kier alpha value is -0.930. The zero-order chi connectivity index (χ0) is 27.8. The van der Waals surface area contributed by atoms with E-state index < -0.39 is 32.5 Å². The SMILES string of the molecule is CCCCCCCCCCCCC(=O)O[C@@H](COC(=O)CCCCCCCSC(C)=O)COP(=O)(O)O. The molecule has 2 N–H and O–H groups in total. The van der Waals surface area contributed by atoms with Gasteiger partial charge < -0.3 is 19.3 Å². The zero-order valence-corrected chi connectivity index (χ0v) is 24.5. The molecule has 0 aliphatic rings. The summed E-state index contributed by atoms with van der Waals surface area (Å²) in [5.74, 6) is -0.148. The van der Waals surface area contributed by atoms with Crippen molar-refractivity contribution in [2.24, 2.45) is 0 Å². The number of phosphoric acid groups is 1. The van der Waals surface area contributed by atoms with Crippen molar-refractivity contribution in [2.45, 2.75) is 129 Å². The van der Waals surface area contributed by atoms with Crippen molar-refractivity contribution in [1.82, 2.24) is 0 Å². The summed E-state index contributed by atoms with van der Waals surface area (Å²) < 4.78 is 25.9. The van der Waals surface area contributed by atoms with Gasteiger partial charge in [-0.2, -0.15) is 0 Å². The van der Waals surface area contributed by atoms with Crippen LogP contribution in [0.2, 0.25) is 0 Å². The first-order valence-electron chi connectivity index (χ1n) is 13.8. The molecule has 0 aliphatic carbocycles. The minimum Gasteiger partial charge on any atom is -0.462 e. The first-order chi connectivity index (χ1) is 17.6. The second-order valence-electron chi connectivity index (χ2n) is 9.37. The number of thioether (sulfide) groups is 1. The van der Waals surface area contributed by atoms with Gasteiger partial charge in [-0.05, 0) is 19.3 Å². The van der Waals surface area contributed by atoms with Crippen molar-refractivity contribution in [3.05, 3.63) is 0 Å². The molecule has 0 spiro atoms. The molecule has 218 valence electrons. The van der Waals surface area contributed by atoms with Crippen molar-refractivity contribution < 1.29 is 42.7 Å². The lowest BCUT2D eigenvalue weighted by molar-refractivity contribution is -0.161. The molecule has 0 rings (SSSR count). The minimum absolute atomic E-state index is 0.122. The van der Waals surface area contributed by atoms with E-state index in [1.807, 2.05) is 0 Å². The molecule has 1 atom stereocenters. The molecule has 0 saturated carbocycles. The van der Waals surface area contributed by atoms with E-state index >= 15 is 0 Å². The van der Waals surface area contributed by atoms with Gasteiger partial charge >= 0.3 is 19.8 Å². The Morgan fingerprint density at radius 2 is 1.22 bits per heavy atom. The second kappa shape index (κ2) is 24.1. The van der Waals surface area contributed by atoms with E-state index in [0.29, 0.717) is 12.8 Å². The Kier molecular flexibility index (Phi) is 23.5. The van der Waals surface area contributed by atoms with Crippen LogP contribution in [0.25, 0.3) is 0 Å². The summed E-state index contributed by atoms with van der Waals surface area (Å²) in [6.07, 6.45) is 15.1. The summed E-state index contributed by atoms with van der Waals surface area (Å²) in [4.78, 5) is 53.0. The first-order valence-corrected chi connectivity index (χ1v) is 16.3. The van der Waals surface area contributed by atoms with Gasteiger partial charge in [0.15, 0.2) is 11.2 Å². The van der Waals surface area contributed by atoms with Crippen LogP contribution in [0.4, 0.5) is 0 Å². The van der Waals surface area contributed by atoms with Crippen molar-refractivity contribution in [3.8, 4) is 0 Å². The molecule has 0 bridgehead atoms. The standard InChI is InChI=1S/C26H49O9PS/c1-3-4-5-6-7-8-9-10-12-16-19-26(29)35-24(22-34-36(30,31)32)21-33-25(28)18-15-13-11-14-17-20-37-23(2)27/h24H,3-22H2,1-2H3,(H2,30,31,32)/t24-/m0/s1. The Morgan fingerprint density at radius 1 is 0.730 bits per heavy atom. The van der Waals surface area contributed by atoms with Gasteiger partial charge in [-0.1, -0.05) is 95.7 Å². The maximum atomic E-state index is 12.2. The molecule has 0 saturated heterocycles. The number of carbonyl (C=O) groups excluding carboxylic acids is 3. The number of esters is 2. The Balaban J connectivity index is 4.09. The molecular formula is C26H49O9PS. The van der Waals surface area contributed by atoms with Gasteiger partial charge in [-0.25, -0.2) is 4.57 Å². The lowest BCUT2D eigenvalue weighted by Crippen LogP contribution is -2.29. The highest BCUT2D eigenvalue weighted by molar-refractivity contribution is 8.13. The predicted molar refractivity (Wildman–Crippen MR) is 146 cm³/mol. The molecule has 0 aromatic carbocycles. The third-order valence-electron chi connectivity index (χ3n) is 5.72. The van der Waals surface area contributed by atoms with Crippen molar-refractivity contribution in [1.29, 1.82) is 0 Å². The molecule has 0 amide bonds. The van der Waals surface area contributed by atoms with E-state index in [2.05, 4.69) is 11.4 Å².